The van der Waals surface area contributed by atoms with Crippen LogP contribution in [0.25, 0.3) is 0 Å². The van der Waals surface area contributed by atoms with E-state index >= 15 is 0 Å². The Hall–Kier alpha value is -4.83. The molecule has 9 nitrogen and oxygen atoms in total. The maximum atomic E-state index is 13.0. The minimum atomic E-state index is -1.63. The highest BCUT2D eigenvalue weighted by atomic mass is 16.7. The van der Waals surface area contributed by atoms with Gasteiger partial charge in [0.2, 0.25) is 0 Å². The van der Waals surface area contributed by atoms with E-state index in [9.17, 15) is 19.5 Å². The second-order valence-electron chi connectivity index (χ2n) is 25.5. The van der Waals surface area contributed by atoms with E-state index in [4.69, 9.17) is 18.9 Å². The highest BCUT2D eigenvalue weighted by Gasteiger charge is 2.22. The van der Waals surface area contributed by atoms with Crippen molar-refractivity contribution in [3.63, 3.8) is 0 Å². The van der Waals surface area contributed by atoms with Gasteiger partial charge in [0.25, 0.3) is 0 Å². The number of ether oxygens (including phenoxy) is 4. The number of carboxylic acids is 1. The average Bonchev–Trinajstić information content (AvgIpc) is 3.46. The third kappa shape index (κ3) is 72.5. The first-order valence-corrected chi connectivity index (χ1v) is 37.0. The number of esters is 2. The van der Waals surface area contributed by atoms with E-state index < -0.39 is 24.3 Å². The molecule has 0 radical (unpaired) electrons. The van der Waals surface area contributed by atoms with Crippen LogP contribution in [0.4, 0.5) is 0 Å². The van der Waals surface area contributed by atoms with Gasteiger partial charge in [-0.1, -0.05) is 314 Å². The maximum absolute atomic E-state index is 13.0. The minimum absolute atomic E-state index is 0.141. The molecule has 0 heterocycles. The Morgan fingerprint density at radius 1 is 0.330 bits per heavy atom. The number of rotatable bonds is 67. The Labute approximate surface area is 560 Å². The molecule has 0 aromatic rings. The predicted octanol–water partition coefficient (Wildman–Crippen LogP) is 22.1. The second-order valence-corrected chi connectivity index (χ2v) is 25.5. The molecule has 0 fully saturated rings. The van der Waals surface area contributed by atoms with Gasteiger partial charge in [-0.3, -0.25) is 9.59 Å². The summed E-state index contributed by atoms with van der Waals surface area (Å²) in [5.74, 6) is -2.29. The van der Waals surface area contributed by atoms with Gasteiger partial charge in [-0.25, -0.2) is 0 Å². The minimum Gasteiger partial charge on any atom is -0.545 e. The maximum Gasteiger partial charge on any atom is 0.306 e. The Balaban J connectivity index is 4.12. The summed E-state index contributed by atoms with van der Waals surface area (Å²) in [6.45, 7) is 4.53. The second kappa shape index (κ2) is 71.0. The van der Waals surface area contributed by atoms with E-state index in [1.165, 1.54) is 141 Å². The van der Waals surface area contributed by atoms with Crippen molar-refractivity contribution >= 4 is 17.9 Å². The van der Waals surface area contributed by atoms with Crippen molar-refractivity contribution in [2.45, 2.75) is 309 Å². The molecule has 9 heteroatoms. The smallest absolute Gasteiger partial charge is 0.306 e. The molecule has 0 aliphatic heterocycles. The molecule has 0 amide bonds. The van der Waals surface area contributed by atoms with Crippen molar-refractivity contribution in [3.8, 4) is 0 Å². The quantitative estimate of drug-likeness (QED) is 0.0195. The summed E-state index contributed by atoms with van der Waals surface area (Å²) in [5, 5.41) is 11.8. The molecule has 0 spiro atoms. The van der Waals surface area contributed by atoms with E-state index in [2.05, 4.69) is 160 Å². The van der Waals surface area contributed by atoms with Crippen LogP contribution in [0.5, 0.6) is 0 Å². The number of aliphatic carboxylic acids is 1. The lowest BCUT2D eigenvalue weighted by Crippen LogP contribution is -2.44. The van der Waals surface area contributed by atoms with Crippen molar-refractivity contribution in [2.75, 3.05) is 47.5 Å². The van der Waals surface area contributed by atoms with Gasteiger partial charge in [0.05, 0.1) is 40.3 Å². The molecule has 0 N–H and O–H groups in total. The van der Waals surface area contributed by atoms with Crippen molar-refractivity contribution in [1.82, 2.24) is 0 Å². The first-order valence-electron chi connectivity index (χ1n) is 37.0. The van der Waals surface area contributed by atoms with Gasteiger partial charge in [-0.2, -0.15) is 0 Å². The zero-order chi connectivity index (χ0) is 66.1. The van der Waals surface area contributed by atoms with Crippen LogP contribution in [-0.4, -0.2) is 82.3 Å². The fraction of sp³-hybridized carbons (Fsp3) is 0.671. The van der Waals surface area contributed by atoms with Gasteiger partial charge in [0.1, 0.15) is 13.2 Å². The van der Waals surface area contributed by atoms with Crippen LogP contribution in [-0.2, 0) is 33.3 Å². The van der Waals surface area contributed by atoms with Crippen LogP contribution < -0.4 is 5.11 Å². The first-order chi connectivity index (χ1) is 44.6. The summed E-state index contributed by atoms with van der Waals surface area (Å²) in [7, 11) is 5.93. The van der Waals surface area contributed by atoms with Gasteiger partial charge in [0, 0.05) is 12.8 Å². The summed E-state index contributed by atoms with van der Waals surface area (Å²) >= 11 is 0. The van der Waals surface area contributed by atoms with Crippen molar-refractivity contribution in [3.05, 3.63) is 146 Å². The topological polar surface area (TPSA) is 111 Å². The van der Waals surface area contributed by atoms with E-state index in [-0.39, 0.29) is 38.6 Å². The summed E-state index contributed by atoms with van der Waals surface area (Å²) in [6.07, 6.45) is 101. The van der Waals surface area contributed by atoms with E-state index in [1.54, 1.807) is 0 Å². The molecule has 0 aliphatic rings. The molecule has 0 bridgehead atoms. The third-order valence-corrected chi connectivity index (χ3v) is 15.6. The lowest BCUT2D eigenvalue weighted by molar-refractivity contribution is -0.870. The van der Waals surface area contributed by atoms with Crippen LogP contribution in [0.2, 0.25) is 0 Å². The fourth-order valence-corrected chi connectivity index (χ4v) is 10.0. The van der Waals surface area contributed by atoms with Crippen molar-refractivity contribution in [1.29, 1.82) is 0 Å². The molecule has 2 unspecified atom stereocenters. The van der Waals surface area contributed by atoms with Crippen LogP contribution in [0.1, 0.15) is 296 Å². The molecule has 91 heavy (non-hydrogen) atoms. The number of unbranched alkanes of at least 4 members (excludes halogenated alkanes) is 28. The number of nitrogens with zero attached hydrogens (tertiary/aromatic N) is 1. The number of hydrogen-bond donors (Lipinski definition) is 0. The van der Waals surface area contributed by atoms with E-state index in [1.807, 2.05) is 21.1 Å². The molecule has 2 atom stereocenters. The molecule has 0 aromatic carbocycles. The Kier molecular flexibility index (Phi) is 67.3. The highest BCUT2D eigenvalue weighted by molar-refractivity contribution is 5.70. The molecule has 0 saturated carbocycles. The lowest BCUT2D eigenvalue weighted by Gasteiger charge is -2.26. The number of allylic oxidation sites excluding steroid dienone is 24. The summed E-state index contributed by atoms with van der Waals surface area (Å²) in [4.78, 5) is 37.6. The molecule has 0 aliphatic carbocycles. The molecular formula is C82H137NO8. The number of likely N-dealkylation sites (N-methyl/N-ethyl adjacent to an activating group) is 1. The standard InChI is InChI=1S/C82H137NO8/c1-6-8-10-12-14-16-18-20-22-24-26-28-30-32-34-36-38-39-40-41-43-45-47-49-51-53-55-57-59-61-63-65-67-69-71-73-80(85)91-78(77-90-82(81(86)87)88-75-74-83(3,4)5)76-89-79(84)72-70-68-66-64-62-60-58-56-54-52-50-48-46-44-42-37-35-33-31-29-27-25-23-21-19-17-15-13-11-9-7-2/h8-11,14-17,20-23,26-29,32,34,38-39,41,43,47,49,78,82H,6-7,12-13,18-19,24-25,30-31,33,35-37,40,42,44-46,48,50-77H2,1-5H3/b10-8-,11-9-,16-14-,17-15-,22-20-,23-21-,28-26-,29-27-,34-32-,39-38-,43-41-,49-47-. The van der Waals surface area contributed by atoms with E-state index in [0.717, 1.165) is 122 Å². The Morgan fingerprint density at radius 3 is 0.879 bits per heavy atom. The molecule has 518 valence electrons. The van der Waals surface area contributed by atoms with Gasteiger partial charge in [-0.15, -0.1) is 0 Å². The molecular weight excluding hydrogens is 1130 g/mol. The normalized spacial score (nSPS) is 13.5. The predicted molar refractivity (Wildman–Crippen MR) is 389 cm³/mol. The first kappa shape index (κ1) is 86.2. The van der Waals surface area contributed by atoms with Crippen LogP contribution >= 0.6 is 0 Å². The highest BCUT2D eigenvalue weighted by Crippen LogP contribution is 2.17. The molecule has 0 rings (SSSR count). The summed E-state index contributed by atoms with van der Waals surface area (Å²) < 4.78 is 22.8. The van der Waals surface area contributed by atoms with Gasteiger partial charge in [-0.05, 0) is 116 Å². The average molecular weight is 1260 g/mol. The van der Waals surface area contributed by atoms with E-state index in [0.29, 0.717) is 17.4 Å². The molecule has 0 saturated heterocycles. The van der Waals surface area contributed by atoms with Crippen molar-refractivity contribution < 1.29 is 42.9 Å². The number of hydrogen-bond acceptors (Lipinski definition) is 8. The SMILES string of the molecule is CC/C=C\C/C=C\C/C=C\C/C=C\C/C=C\C/C=C\C/C=C\C/C=C\CCCCCCCCCCCCC(=O)OC(COC(=O)CCCCCCCCCCCCCCCCCCCC/C=C\C/C=C\C/C=C\C/C=C\CC)COC(OCC[N+](C)(C)C)C(=O)[O-]. The van der Waals surface area contributed by atoms with Gasteiger partial charge in [0.15, 0.2) is 12.4 Å². The Morgan fingerprint density at radius 2 is 0.593 bits per heavy atom. The fourth-order valence-electron chi connectivity index (χ4n) is 10.0. The summed E-state index contributed by atoms with van der Waals surface area (Å²) in [5.41, 5.74) is 0. The Bertz CT molecular complexity index is 2010. The number of carboxylic acid groups (broad SMARTS) is 1. The van der Waals surface area contributed by atoms with Crippen LogP contribution in [0.3, 0.4) is 0 Å². The summed E-state index contributed by atoms with van der Waals surface area (Å²) in [6, 6.07) is 0. The van der Waals surface area contributed by atoms with Gasteiger partial charge < -0.3 is 33.3 Å². The number of quaternary nitrogens is 1. The largest absolute Gasteiger partial charge is 0.545 e. The number of carbonyl (C=O) groups is 3. The number of carbonyl (C=O) groups excluding carboxylic acids is 3. The zero-order valence-electron chi connectivity index (χ0n) is 59.2. The van der Waals surface area contributed by atoms with Crippen molar-refractivity contribution in [2.24, 2.45) is 0 Å². The molecule has 0 aromatic heterocycles. The monoisotopic (exact) mass is 1260 g/mol. The third-order valence-electron chi connectivity index (χ3n) is 15.6. The zero-order valence-corrected chi connectivity index (χ0v) is 59.2. The van der Waals surface area contributed by atoms with Crippen LogP contribution in [0.15, 0.2) is 146 Å². The lowest BCUT2D eigenvalue weighted by atomic mass is 10.0. The van der Waals surface area contributed by atoms with Gasteiger partial charge >= 0.3 is 11.9 Å². The van der Waals surface area contributed by atoms with Crippen LogP contribution in [0, 0.1) is 0 Å².